The summed E-state index contributed by atoms with van der Waals surface area (Å²) in [6.07, 6.45) is 2.84. The zero-order chi connectivity index (χ0) is 15.0. The quantitative estimate of drug-likeness (QED) is 0.475. The Bertz CT molecular complexity index is 409. The summed E-state index contributed by atoms with van der Waals surface area (Å²) in [7, 11) is 1.73. The molecular formula is C14H27N5O. The Kier molecular flexibility index (Phi) is 6.67. The summed E-state index contributed by atoms with van der Waals surface area (Å²) >= 11 is 0. The lowest BCUT2D eigenvalue weighted by atomic mass is 9.90. The number of anilines is 2. The second kappa shape index (κ2) is 8.01. The van der Waals surface area contributed by atoms with Crippen LogP contribution in [0.25, 0.3) is 0 Å². The molecule has 0 amide bonds. The largest absolute Gasteiger partial charge is 0.385 e. The van der Waals surface area contributed by atoms with E-state index in [-0.39, 0.29) is 5.41 Å². The number of nitrogens with zero attached hydrogens (tertiary/aromatic N) is 2. The molecule has 4 N–H and O–H groups in total. The fraction of sp³-hybridized carbons (Fsp3) is 0.714. The predicted molar refractivity (Wildman–Crippen MR) is 82.6 cm³/mol. The van der Waals surface area contributed by atoms with Gasteiger partial charge in [-0.2, -0.15) is 0 Å². The standard InChI is InChI=1S/C14H27N5O/c1-5-6-11-17-12(9-13(18-11)19-15)16-10-14(2,3)7-8-20-4/h9H,5-8,10,15H2,1-4H3,(H2,16,17,18,19). The first-order chi connectivity index (χ1) is 9.50. The van der Waals surface area contributed by atoms with Crippen molar-refractivity contribution in [3.63, 3.8) is 0 Å². The summed E-state index contributed by atoms with van der Waals surface area (Å²) in [6.45, 7) is 8.09. The maximum absolute atomic E-state index is 5.45. The molecule has 0 atom stereocenters. The summed E-state index contributed by atoms with van der Waals surface area (Å²) in [5, 5.41) is 3.37. The summed E-state index contributed by atoms with van der Waals surface area (Å²) in [5.41, 5.74) is 2.73. The monoisotopic (exact) mass is 281 g/mol. The lowest BCUT2D eigenvalue weighted by molar-refractivity contribution is 0.157. The van der Waals surface area contributed by atoms with Gasteiger partial charge in [-0.05, 0) is 18.3 Å². The van der Waals surface area contributed by atoms with E-state index in [2.05, 4.69) is 41.5 Å². The van der Waals surface area contributed by atoms with Crippen molar-refractivity contribution in [1.29, 1.82) is 0 Å². The van der Waals surface area contributed by atoms with Crippen LogP contribution < -0.4 is 16.6 Å². The zero-order valence-electron chi connectivity index (χ0n) is 13.0. The Labute approximate surface area is 121 Å². The van der Waals surface area contributed by atoms with Gasteiger partial charge in [0.2, 0.25) is 0 Å². The van der Waals surface area contributed by atoms with Crippen molar-refractivity contribution in [3.05, 3.63) is 11.9 Å². The highest BCUT2D eigenvalue weighted by molar-refractivity contribution is 5.47. The van der Waals surface area contributed by atoms with Gasteiger partial charge in [0.25, 0.3) is 0 Å². The molecule has 0 radical (unpaired) electrons. The minimum atomic E-state index is 0.141. The number of nitrogens with one attached hydrogen (secondary N) is 2. The number of aryl methyl sites for hydroxylation is 1. The summed E-state index contributed by atoms with van der Waals surface area (Å²) in [6, 6.07) is 1.82. The van der Waals surface area contributed by atoms with Crippen molar-refractivity contribution in [2.24, 2.45) is 11.3 Å². The van der Waals surface area contributed by atoms with Crippen molar-refractivity contribution < 1.29 is 4.74 Å². The fourth-order valence-corrected chi connectivity index (χ4v) is 1.79. The molecule has 1 aromatic heterocycles. The lowest BCUT2D eigenvalue weighted by Gasteiger charge is -2.25. The highest BCUT2D eigenvalue weighted by atomic mass is 16.5. The molecule has 1 heterocycles. The topological polar surface area (TPSA) is 85.1 Å². The van der Waals surface area contributed by atoms with E-state index in [0.29, 0.717) is 5.82 Å². The first-order valence-corrected chi connectivity index (χ1v) is 7.08. The normalized spacial score (nSPS) is 11.4. The van der Waals surface area contributed by atoms with Gasteiger partial charge in [0, 0.05) is 32.7 Å². The molecule has 0 saturated heterocycles. The summed E-state index contributed by atoms with van der Waals surface area (Å²) < 4.78 is 5.14. The molecule has 20 heavy (non-hydrogen) atoms. The molecular weight excluding hydrogens is 254 g/mol. The summed E-state index contributed by atoms with van der Waals surface area (Å²) in [5.74, 6) is 7.70. The SMILES string of the molecule is CCCc1nc(NN)cc(NCC(C)(C)CCOC)n1. The van der Waals surface area contributed by atoms with Gasteiger partial charge in [0.1, 0.15) is 17.5 Å². The van der Waals surface area contributed by atoms with E-state index in [0.717, 1.165) is 44.1 Å². The van der Waals surface area contributed by atoms with Gasteiger partial charge in [-0.3, -0.25) is 0 Å². The third-order valence-corrected chi connectivity index (χ3v) is 3.12. The van der Waals surface area contributed by atoms with Crippen molar-refractivity contribution in [1.82, 2.24) is 9.97 Å². The smallest absolute Gasteiger partial charge is 0.145 e. The van der Waals surface area contributed by atoms with Crippen LogP contribution in [0.15, 0.2) is 6.07 Å². The molecule has 0 aliphatic heterocycles. The fourth-order valence-electron chi connectivity index (χ4n) is 1.79. The molecule has 0 fully saturated rings. The van der Waals surface area contributed by atoms with Crippen molar-refractivity contribution >= 4 is 11.6 Å². The first kappa shape index (κ1) is 16.7. The van der Waals surface area contributed by atoms with Crippen LogP contribution in [-0.4, -0.2) is 30.2 Å². The number of aromatic nitrogens is 2. The minimum Gasteiger partial charge on any atom is -0.385 e. The maximum Gasteiger partial charge on any atom is 0.145 e. The maximum atomic E-state index is 5.45. The lowest BCUT2D eigenvalue weighted by Crippen LogP contribution is -2.25. The van der Waals surface area contributed by atoms with Crippen LogP contribution in [0.2, 0.25) is 0 Å². The van der Waals surface area contributed by atoms with E-state index in [1.165, 1.54) is 0 Å². The molecule has 6 heteroatoms. The molecule has 0 bridgehead atoms. The predicted octanol–water partition coefficient (Wildman–Crippen LogP) is 2.19. The van der Waals surface area contributed by atoms with Crippen LogP contribution in [0, 0.1) is 5.41 Å². The Balaban J connectivity index is 2.68. The first-order valence-electron chi connectivity index (χ1n) is 7.08. The number of nitrogens with two attached hydrogens (primary N) is 1. The number of hydrogen-bond acceptors (Lipinski definition) is 6. The van der Waals surface area contributed by atoms with Crippen molar-refractivity contribution in [2.75, 3.05) is 31.0 Å². The van der Waals surface area contributed by atoms with Crippen LogP contribution in [0.4, 0.5) is 11.6 Å². The number of nitrogen functional groups attached to an aromatic ring is 1. The van der Waals surface area contributed by atoms with Gasteiger partial charge in [-0.15, -0.1) is 0 Å². The molecule has 1 rings (SSSR count). The number of rotatable bonds is 9. The second-order valence-corrected chi connectivity index (χ2v) is 5.71. The molecule has 6 nitrogen and oxygen atoms in total. The Morgan fingerprint density at radius 1 is 1.30 bits per heavy atom. The zero-order valence-corrected chi connectivity index (χ0v) is 13.0. The van der Waals surface area contributed by atoms with Gasteiger partial charge in [-0.1, -0.05) is 20.8 Å². The molecule has 1 aromatic rings. The van der Waals surface area contributed by atoms with Gasteiger partial charge < -0.3 is 15.5 Å². The molecule has 0 spiro atoms. The molecule has 0 aromatic carbocycles. The van der Waals surface area contributed by atoms with Crippen molar-refractivity contribution in [2.45, 2.75) is 40.0 Å². The number of hydrogen-bond donors (Lipinski definition) is 3. The van der Waals surface area contributed by atoms with E-state index in [1.807, 2.05) is 6.07 Å². The Hall–Kier alpha value is -1.40. The van der Waals surface area contributed by atoms with Gasteiger partial charge in [-0.25, -0.2) is 15.8 Å². The number of methoxy groups -OCH3 is 1. The van der Waals surface area contributed by atoms with Gasteiger partial charge in [0.15, 0.2) is 0 Å². The third-order valence-electron chi connectivity index (χ3n) is 3.12. The van der Waals surface area contributed by atoms with E-state index in [4.69, 9.17) is 10.6 Å². The van der Waals surface area contributed by atoms with E-state index >= 15 is 0 Å². The second-order valence-electron chi connectivity index (χ2n) is 5.71. The number of hydrazine groups is 1. The van der Waals surface area contributed by atoms with Gasteiger partial charge in [0.05, 0.1) is 0 Å². The van der Waals surface area contributed by atoms with E-state index in [9.17, 15) is 0 Å². The van der Waals surface area contributed by atoms with Gasteiger partial charge >= 0.3 is 0 Å². The molecule has 0 saturated carbocycles. The van der Waals surface area contributed by atoms with Crippen LogP contribution in [0.3, 0.4) is 0 Å². The highest BCUT2D eigenvalue weighted by Crippen LogP contribution is 2.21. The average molecular weight is 281 g/mol. The van der Waals surface area contributed by atoms with E-state index < -0.39 is 0 Å². The van der Waals surface area contributed by atoms with E-state index in [1.54, 1.807) is 7.11 Å². The molecule has 0 aliphatic rings. The number of ether oxygens (including phenoxy) is 1. The average Bonchev–Trinajstić information content (AvgIpc) is 2.43. The molecule has 114 valence electrons. The Morgan fingerprint density at radius 3 is 2.60 bits per heavy atom. The van der Waals surface area contributed by atoms with Crippen LogP contribution in [-0.2, 0) is 11.2 Å². The minimum absolute atomic E-state index is 0.141. The van der Waals surface area contributed by atoms with Crippen molar-refractivity contribution in [3.8, 4) is 0 Å². The van der Waals surface area contributed by atoms with Crippen LogP contribution in [0.5, 0.6) is 0 Å². The third kappa shape index (κ3) is 5.71. The van der Waals surface area contributed by atoms with Crippen LogP contribution in [0.1, 0.15) is 39.4 Å². The summed E-state index contributed by atoms with van der Waals surface area (Å²) in [4.78, 5) is 8.83. The molecule has 0 unspecified atom stereocenters. The Morgan fingerprint density at radius 2 is 2.00 bits per heavy atom. The van der Waals surface area contributed by atoms with Crippen LogP contribution >= 0.6 is 0 Å². The highest BCUT2D eigenvalue weighted by Gasteiger charge is 2.17. The molecule has 0 aliphatic carbocycles.